The molecule has 2 aromatic rings. The maximum atomic E-state index is 12.8. The SMILES string of the molecule is NN(C(=O)C1CCCc2ccccc21)c1ccc(Cl)cc1Cl. The summed E-state index contributed by atoms with van der Waals surface area (Å²) in [6.07, 6.45) is 2.79. The quantitative estimate of drug-likeness (QED) is 0.505. The molecule has 2 N–H and O–H groups in total. The highest BCUT2D eigenvalue weighted by molar-refractivity contribution is 6.36. The minimum Gasteiger partial charge on any atom is -0.272 e. The molecule has 0 fully saturated rings. The van der Waals surface area contributed by atoms with Gasteiger partial charge in [-0.3, -0.25) is 4.79 Å². The Kier molecular flexibility index (Phi) is 4.39. The summed E-state index contributed by atoms with van der Waals surface area (Å²) in [5.41, 5.74) is 2.76. The second kappa shape index (κ2) is 6.29. The molecule has 0 saturated carbocycles. The number of benzene rings is 2. The summed E-state index contributed by atoms with van der Waals surface area (Å²) in [5, 5.41) is 2.02. The molecule has 0 aromatic heterocycles. The van der Waals surface area contributed by atoms with Crippen molar-refractivity contribution in [3.8, 4) is 0 Å². The van der Waals surface area contributed by atoms with Crippen LogP contribution in [0.3, 0.4) is 0 Å². The summed E-state index contributed by atoms with van der Waals surface area (Å²) < 4.78 is 0. The first-order valence-corrected chi connectivity index (χ1v) is 7.95. The summed E-state index contributed by atoms with van der Waals surface area (Å²) in [4.78, 5) is 12.8. The van der Waals surface area contributed by atoms with Crippen LogP contribution in [0.2, 0.25) is 10.0 Å². The Balaban J connectivity index is 1.91. The van der Waals surface area contributed by atoms with Gasteiger partial charge in [0, 0.05) is 5.02 Å². The smallest absolute Gasteiger partial charge is 0.248 e. The van der Waals surface area contributed by atoms with Crippen molar-refractivity contribution in [3.05, 3.63) is 63.6 Å². The average Bonchev–Trinajstić information content (AvgIpc) is 2.53. The van der Waals surface area contributed by atoms with E-state index in [1.54, 1.807) is 18.2 Å². The van der Waals surface area contributed by atoms with Crippen LogP contribution < -0.4 is 10.9 Å². The van der Waals surface area contributed by atoms with E-state index in [1.807, 2.05) is 18.2 Å². The number of aryl methyl sites for hydroxylation is 1. The van der Waals surface area contributed by atoms with E-state index in [0.717, 1.165) is 29.8 Å². The Bertz CT molecular complexity index is 718. The minimum absolute atomic E-state index is 0.142. The number of carbonyl (C=O) groups excluding carboxylic acids is 1. The number of carbonyl (C=O) groups is 1. The van der Waals surface area contributed by atoms with Crippen molar-refractivity contribution in [3.63, 3.8) is 0 Å². The maximum absolute atomic E-state index is 12.8. The molecule has 0 spiro atoms. The molecule has 3 nitrogen and oxygen atoms in total. The molecule has 22 heavy (non-hydrogen) atoms. The Labute approximate surface area is 139 Å². The third kappa shape index (κ3) is 2.84. The standard InChI is InChI=1S/C17H16Cl2N2O/c18-12-8-9-16(15(19)10-12)21(20)17(22)14-7-3-5-11-4-1-2-6-13(11)14/h1-2,4,6,8-10,14H,3,5,7,20H2. The molecule has 1 atom stereocenters. The van der Waals surface area contributed by atoms with Gasteiger partial charge in [0.15, 0.2) is 0 Å². The van der Waals surface area contributed by atoms with Crippen LogP contribution in [0.1, 0.15) is 29.9 Å². The molecule has 1 aliphatic rings. The summed E-state index contributed by atoms with van der Waals surface area (Å²) in [6.45, 7) is 0. The lowest BCUT2D eigenvalue weighted by molar-refractivity contribution is -0.120. The lowest BCUT2D eigenvalue weighted by atomic mass is 9.82. The number of fused-ring (bicyclic) bond motifs is 1. The predicted molar refractivity (Wildman–Crippen MR) is 90.3 cm³/mol. The fourth-order valence-corrected chi connectivity index (χ4v) is 3.47. The van der Waals surface area contributed by atoms with Crippen LogP contribution in [0, 0.1) is 0 Å². The summed E-state index contributed by atoms with van der Waals surface area (Å²) in [7, 11) is 0. The average molecular weight is 335 g/mol. The fraction of sp³-hybridized carbons (Fsp3) is 0.235. The van der Waals surface area contributed by atoms with E-state index in [0.29, 0.717) is 15.7 Å². The summed E-state index contributed by atoms with van der Waals surface area (Å²) in [6, 6.07) is 13.0. The van der Waals surface area contributed by atoms with Gasteiger partial charge in [-0.2, -0.15) is 0 Å². The second-order valence-corrected chi connectivity index (χ2v) is 6.29. The fourth-order valence-electron chi connectivity index (χ4n) is 2.97. The molecular weight excluding hydrogens is 319 g/mol. The molecule has 2 aromatic carbocycles. The van der Waals surface area contributed by atoms with Gasteiger partial charge < -0.3 is 0 Å². The van der Waals surface area contributed by atoms with Crippen LogP contribution in [-0.2, 0) is 11.2 Å². The first-order valence-electron chi connectivity index (χ1n) is 7.19. The van der Waals surface area contributed by atoms with E-state index >= 15 is 0 Å². The van der Waals surface area contributed by atoms with Gasteiger partial charge in [0.05, 0.1) is 16.6 Å². The zero-order valence-corrected chi connectivity index (χ0v) is 13.4. The Morgan fingerprint density at radius 3 is 2.73 bits per heavy atom. The van der Waals surface area contributed by atoms with E-state index in [1.165, 1.54) is 5.56 Å². The summed E-state index contributed by atoms with van der Waals surface area (Å²) >= 11 is 12.0. The van der Waals surface area contributed by atoms with Crippen molar-refractivity contribution in [2.75, 3.05) is 5.01 Å². The zero-order chi connectivity index (χ0) is 15.7. The molecule has 0 heterocycles. The zero-order valence-electron chi connectivity index (χ0n) is 11.9. The number of nitrogens with two attached hydrogens (primary N) is 1. The van der Waals surface area contributed by atoms with Gasteiger partial charge in [-0.15, -0.1) is 0 Å². The van der Waals surface area contributed by atoms with Crippen LogP contribution in [0.15, 0.2) is 42.5 Å². The molecule has 0 aliphatic heterocycles. The van der Waals surface area contributed by atoms with Crippen LogP contribution >= 0.6 is 23.2 Å². The topological polar surface area (TPSA) is 46.3 Å². The number of hydrogen-bond donors (Lipinski definition) is 1. The van der Waals surface area contributed by atoms with Crippen molar-refractivity contribution >= 4 is 34.8 Å². The van der Waals surface area contributed by atoms with Gasteiger partial charge in [-0.05, 0) is 48.6 Å². The first-order chi connectivity index (χ1) is 10.6. The second-order valence-electron chi connectivity index (χ2n) is 5.45. The van der Waals surface area contributed by atoms with Crippen molar-refractivity contribution in [1.29, 1.82) is 0 Å². The van der Waals surface area contributed by atoms with Crippen molar-refractivity contribution < 1.29 is 4.79 Å². The molecule has 1 aliphatic carbocycles. The number of halogens is 2. The molecule has 0 saturated heterocycles. The van der Waals surface area contributed by atoms with E-state index in [9.17, 15) is 4.79 Å². The van der Waals surface area contributed by atoms with Gasteiger partial charge in [0.2, 0.25) is 5.91 Å². The van der Waals surface area contributed by atoms with Crippen LogP contribution in [0.5, 0.6) is 0 Å². The molecule has 3 rings (SSSR count). The molecule has 114 valence electrons. The molecule has 0 radical (unpaired) electrons. The number of hydrazine groups is 1. The van der Waals surface area contributed by atoms with Gasteiger partial charge in [0.25, 0.3) is 0 Å². The third-order valence-corrected chi connectivity index (χ3v) is 4.61. The predicted octanol–water partition coefficient (Wildman–Crippen LogP) is 4.32. The molecule has 1 amide bonds. The Hall–Kier alpha value is -1.55. The lowest BCUT2D eigenvalue weighted by Gasteiger charge is -2.28. The third-order valence-electron chi connectivity index (χ3n) is 4.07. The monoisotopic (exact) mass is 334 g/mol. The number of nitrogens with zero attached hydrogens (tertiary/aromatic N) is 1. The van der Waals surface area contributed by atoms with Gasteiger partial charge in [-0.25, -0.2) is 10.9 Å². The normalized spacial score (nSPS) is 17.0. The minimum atomic E-state index is -0.221. The highest BCUT2D eigenvalue weighted by Crippen LogP contribution is 2.35. The highest BCUT2D eigenvalue weighted by atomic mass is 35.5. The summed E-state index contributed by atoms with van der Waals surface area (Å²) in [5.74, 6) is 5.67. The van der Waals surface area contributed by atoms with Crippen LogP contribution in [-0.4, -0.2) is 5.91 Å². The maximum Gasteiger partial charge on any atom is 0.248 e. The van der Waals surface area contributed by atoms with Gasteiger partial charge >= 0.3 is 0 Å². The van der Waals surface area contributed by atoms with E-state index in [-0.39, 0.29) is 11.8 Å². The Morgan fingerprint density at radius 2 is 1.95 bits per heavy atom. The molecule has 1 unspecified atom stereocenters. The number of hydrogen-bond acceptors (Lipinski definition) is 2. The van der Waals surface area contributed by atoms with E-state index < -0.39 is 0 Å². The van der Waals surface area contributed by atoms with E-state index in [2.05, 4.69) is 6.07 Å². The van der Waals surface area contributed by atoms with E-state index in [4.69, 9.17) is 29.0 Å². The van der Waals surface area contributed by atoms with Crippen molar-refractivity contribution in [2.45, 2.75) is 25.2 Å². The Morgan fingerprint density at radius 1 is 1.18 bits per heavy atom. The molecule has 0 bridgehead atoms. The van der Waals surface area contributed by atoms with Crippen LogP contribution in [0.4, 0.5) is 5.69 Å². The number of anilines is 1. The lowest BCUT2D eigenvalue weighted by Crippen LogP contribution is -2.41. The van der Waals surface area contributed by atoms with Crippen molar-refractivity contribution in [2.24, 2.45) is 5.84 Å². The van der Waals surface area contributed by atoms with Crippen molar-refractivity contribution in [1.82, 2.24) is 0 Å². The van der Waals surface area contributed by atoms with Gasteiger partial charge in [0.1, 0.15) is 0 Å². The van der Waals surface area contributed by atoms with Gasteiger partial charge in [-0.1, -0.05) is 47.5 Å². The molecule has 5 heteroatoms. The first kappa shape index (κ1) is 15.3. The molecular formula is C17H16Cl2N2O. The highest BCUT2D eigenvalue weighted by Gasteiger charge is 2.30. The number of amides is 1. The number of rotatable bonds is 2. The van der Waals surface area contributed by atoms with Crippen LogP contribution in [0.25, 0.3) is 0 Å². The largest absolute Gasteiger partial charge is 0.272 e.